The molecule has 1 heterocycles. The van der Waals surface area contributed by atoms with Crippen molar-refractivity contribution in [1.82, 2.24) is 4.90 Å². The monoisotopic (exact) mass is 303 g/mol. The van der Waals surface area contributed by atoms with E-state index in [1.807, 2.05) is 42.5 Å². The summed E-state index contributed by atoms with van der Waals surface area (Å²) in [6.45, 7) is 0. The highest BCUT2D eigenvalue weighted by atomic mass is 35.5. The van der Waals surface area contributed by atoms with Crippen LogP contribution >= 0.6 is 11.6 Å². The van der Waals surface area contributed by atoms with E-state index in [2.05, 4.69) is 0 Å². The lowest BCUT2D eigenvalue weighted by Gasteiger charge is -2.21. The van der Waals surface area contributed by atoms with E-state index < -0.39 is 12.3 Å². The Kier molecular flexibility index (Phi) is 3.47. The molecular weight excluding hydrogens is 290 g/mol. The Morgan fingerprint density at radius 3 is 2.67 bits per heavy atom. The van der Waals surface area contributed by atoms with Crippen LogP contribution in [0.4, 0.5) is 4.79 Å². The second-order valence-electron chi connectivity index (χ2n) is 4.97. The number of hydrogen-bond donors (Lipinski definition) is 1. The largest absolute Gasteiger partial charge is 0.469 e. The van der Waals surface area contributed by atoms with Gasteiger partial charge in [-0.1, -0.05) is 41.9 Å². The van der Waals surface area contributed by atoms with E-state index in [0.717, 1.165) is 22.4 Å². The predicted molar refractivity (Wildman–Crippen MR) is 80.8 cm³/mol. The van der Waals surface area contributed by atoms with E-state index >= 15 is 0 Å². The molecule has 3 rings (SSSR count). The highest BCUT2D eigenvalue weighted by molar-refractivity contribution is 6.30. The Hall–Kier alpha value is -2.20. The molecule has 1 atom stereocenters. The smallest absolute Gasteiger partial charge is 0.409 e. The number of fused-ring (bicyclic) bond motifs is 1. The first-order valence-electron chi connectivity index (χ1n) is 6.56. The molecule has 21 heavy (non-hydrogen) atoms. The van der Waals surface area contributed by atoms with Crippen LogP contribution in [0.2, 0.25) is 5.02 Å². The lowest BCUT2D eigenvalue weighted by molar-refractivity contribution is 0.0610. The van der Waals surface area contributed by atoms with Crippen molar-refractivity contribution in [1.29, 1.82) is 0 Å². The molecule has 2 aromatic rings. The van der Waals surface area contributed by atoms with E-state index in [-0.39, 0.29) is 0 Å². The molecule has 0 saturated heterocycles. The minimum atomic E-state index is -0.999. The van der Waals surface area contributed by atoms with Crippen LogP contribution in [-0.4, -0.2) is 29.4 Å². The first-order valence-corrected chi connectivity index (χ1v) is 6.94. The third-order valence-corrected chi connectivity index (χ3v) is 3.89. The zero-order valence-corrected chi connectivity index (χ0v) is 12.2. The molecule has 0 fully saturated rings. The molecule has 0 aromatic heterocycles. The van der Waals surface area contributed by atoms with E-state index in [1.165, 1.54) is 11.9 Å². The number of nitrogens with zero attached hydrogens (tertiary/aromatic N) is 1. The lowest BCUT2D eigenvalue weighted by Crippen LogP contribution is -2.38. The fourth-order valence-corrected chi connectivity index (χ4v) is 2.57. The zero-order valence-electron chi connectivity index (χ0n) is 11.4. The van der Waals surface area contributed by atoms with Crippen LogP contribution in [0.25, 0.3) is 11.1 Å². The Bertz CT molecular complexity index is 684. The van der Waals surface area contributed by atoms with Gasteiger partial charge < -0.3 is 9.84 Å². The fourth-order valence-electron chi connectivity index (χ4n) is 2.45. The number of carboxylic acid groups (broad SMARTS) is 1. The summed E-state index contributed by atoms with van der Waals surface area (Å²) in [4.78, 5) is 12.2. The van der Waals surface area contributed by atoms with Gasteiger partial charge in [0.05, 0.1) is 0 Å². The molecular formula is C16H14ClNO3. The van der Waals surface area contributed by atoms with Crippen molar-refractivity contribution in [2.75, 3.05) is 7.05 Å². The average molecular weight is 304 g/mol. The maximum atomic E-state index is 11.1. The number of carbonyl (C=O) groups is 1. The first kappa shape index (κ1) is 13.8. The summed E-state index contributed by atoms with van der Waals surface area (Å²) in [5.41, 5.74) is 2.96. The molecule has 0 spiro atoms. The lowest BCUT2D eigenvalue weighted by atomic mass is 10.0. The maximum absolute atomic E-state index is 11.1. The van der Waals surface area contributed by atoms with E-state index in [4.69, 9.17) is 21.4 Å². The van der Waals surface area contributed by atoms with Crippen LogP contribution in [0.5, 0.6) is 5.75 Å². The van der Waals surface area contributed by atoms with Crippen molar-refractivity contribution in [2.45, 2.75) is 12.6 Å². The Labute approximate surface area is 127 Å². The van der Waals surface area contributed by atoms with Gasteiger partial charge in [0, 0.05) is 29.6 Å². The third kappa shape index (κ3) is 2.54. The maximum Gasteiger partial charge on any atom is 0.409 e. The van der Waals surface area contributed by atoms with Crippen molar-refractivity contribution in [3.05, 3.63) is 53.1 Å². The van der Waals surface area contributed by atoms with Crippen LogP contribution in [0, 0.1) is 0 Å². The minimum absolute atomic E-state index is 0.481. The van der Waals surface area contributed by atoms with Crippen molar-refractivity contribution in [3.63, 3.8) is 0 Å². The van der Waals surface area contributed by atoms with Gasteiger partial charge in [0.2, 0.25) is 0 Å². The summed E-state index contributed by atoms with van der Waals surface area (Å²) < 4.78 is 5.86. The second-order valence-corrected chi connectivity index (χ2v) is 5.41. The molecule has 1 aliphatic rings. The van der Waals surface area contributed by atoms with Gasteiger partial charge in [-0.05, 0) is 17.7 Å². The summed E-state index contributed by atoms with van der Waals surface area (Å²) in [6.07, 6.45) is -0.925. The van der Waals surface area contributed by atoms with Gasteiger partial charge in [0.15, 0.2) is 6.23 Å². The number of ether oxygens (including phenoxy) is 1. The predicted octanol–water partition coefficient (Wildman–Crippen LogP) is 3.88. The number of halogens is 1. The van der Waals surface area contributed by atoms with Crippen molar-refractivity contribution in [2.24, 2.45) is 0 Å². The van der Waals surface area contributed by atoms with Crippen LogP contribution < -0.4 is 4.74 Å². The van der Waals surface area contributed by atoms with Gasteiger partial charge in [-0.15, -0.1) is 0 Å². The van der Waals surface area contributed by atoms with Gasteiger partial charge in [0.1, 0.15) is 5.75 Å². The van der Waals surface area contributed by atoms with Crippen molar-refractivity contribution < 1.29 is 14.6 Å². The van der Waals surface area contributed by atoms with E-state index in [0.29, 0.717) is 11.4 Å². The van der Waals surface area contributed by atoms with Gasteiger partial charge in [-0.25, -0.2) is 4.79 Å². The average Bonchev–Trinajstić information content (AvgIpc) is 2.91. The van der Waals surface area contributed by atoms with Crippen LogP contribution in [0.3, 0.4) is 0 Å². The van der Waals surface area contributed by atoms with E-state index in [1.54, 1.807) is 0 Å². The summed E-state index contributed by atoms with van der Waals surface area (Å²) in [5, 5.41) is 9.75. The number of benzene rings is 2. The summed E-state index contributed by atoms with van der Waals surface area (Å²) in [6, 6.07) is 13.4. The molecule has 0 saturated carbocycles. The van der Waals surface area contributed by atoms with Crippen LogP contribution in [-0.2, 0) is 6.42 Å². The number of para-hydroxylation sites is 1. The standard InChI is InChI=1S/C16H14ClNO3/c1-18(16(19)20)14-9-11-3-2-4-13(15(11)21-14)10-5-7-12(17)8-6-10/h2-8,14H,9H2,1H3,(H,19,20). The van der Waals surface area contributed by atoms with E-state index in [9.17, 15) is 4.79 Å². The molecule has 5 heteroatoms. The number of amides is 1. The molecule has 1 amide bonds. The van der Waals surface area contributed by atoms with Gasteiger partial charge in [-0.2, -0.15) is 0 Å². The third-order valence-electron chi connectivity index (χ3n) is 3.63. The highest BCUT2D eigenvalue weighted by Gasteiger charge is 2.30. The summed E-state index contributed by atoms with van der Waals surface area (Å²) in [7, 11) is 1.51. The molecule has 108 valence electrons. The topological polar surface area (TPSA) is 49.8 Å². The molecule has 4 nitrogen and oxygen atoms in total. The quantitative estimate of drug-likeness (QED) is 0.916. The molecule has 2 aromatic carbocycles. The first-order chi connectivity index (χ1) is 10.1. The minimum Gasteiger partial charge on any atom is -0.469 e. The number of likely N-dealkylation sites (N-methyl/N-ethyl adjacent to an activating group) is 1. The normalized spacial score (nSPS) is 16.2. The summed E-state index contributed by atoms with van der Waals surface area (Å²) >= 11 is 5.91. The van der Waals surface area contributed by atoms with Crippen LogP contribution in [0.15, 0.2) is 42.5 Å². The Morgan fingerprint density at radius 1 is 1.29 bits per heavy atom. The Balaban J connectivity index is 1.96. The number of rotatable bonds is 2. The molecule has 1 unspecified atom stereocenters. The SMILES string of the molecule is CN(C(=O)O)C1Cc2cccc(-c3ccc(Cl)cc3)c2O1. The van der Waals surface area contributed by atoms with Gasteiger partial charge >= 0.3 is 6.09 Å². The molecule has 1 aliphatic heterocycles. The molecule has 0 radical (unpaired) electrons. The zero-order chi connectivity index (χ0) is 15.0. The Morgan fingerprint density at radius 2 is 2.00 bits per heavy atom. The fraction of sp³-hybridized carbons (Fsp3) is 0.188. The van der Waals surface area contributed by atoms with Crippen LogP contribution in [0.1, 0.15) is 5.56 Å². The highest BCUT2D eigenvalue weighted by Crippen LogP contribution is 2.39. The van der Waals surface area contributed by atoms with Crippen molar-refractivity contribution >= 4 is 17.7 Å². The second kappa shape index (κ2) is 5.30. The van der Waals surface area contributed by atoms with Gasteiger partial charge in [0.25, 0.3) is 0 Å². The summed E-state index contributed by atoms with van der Waals surface area (Å²) in [5.74, 6) is 0.748. The van der Waals surface area contributed by atoms with Crippen molar-refractivity contribution in [3.8, 4) is 16.9 Å². The number of hydrogen-bond acceptors (Lipinski definition) is 2. The van der Waals surface area contributed by atoms with Gasteiger partial charge in [-0.3, -0.25) is 4.90 Å². The molecule has 1 N–H and O–H groups in total. The molecule has 0 aliphatic carbocycles. The molecule has 0 bridgehead atoms.